The molecule has 1 aliphatic rings. The molecule has 1 amide bonds. The van der Waals surface area contributed by atoms with Gasteiger partial charge in [0.25, 0.3) is 0 Å². The van der Waals surface area contributed by atoms with E-state index in [1.165, 1.54) is 42.3 Å². The second kappa shape index (κ2) is 11.1. The number of rotatable bonds is 9. The van der Waals surface area contributed by atoms with Crippen molar-refractivity contribution in [3.8, 4) is 11.5 Å². The maximum Gasteiger partial charge on any atom is 0.238 e. The summed E-state index contributed by atoms with van der Waals surface area (Å²) in [7, 11) is 1.37. The minimum absolute atomic E-state index is 0.00704. The van der Waals surface area contributed by atoms with Crippen LogP contribution >= 0.6 is 0 Å². The topological polar surface area (TPSA) is 74.3 Å². The van der Waals surface area contributed by atoms with Crippen molar-refractivity contribution in [2.45, 2.75) is 19.8 Å². The molecule has 1 unspecified atom stereocenters. The number of piperazine rings is 1. The molecule has 2 aromatic carbocycles. The highest BCUT2D eigenvalue weighted by molar-refractivity contribution is 5.93. The number of β-amino-alcohol motifs (C(OH)–C–C–N with tert-alkyl or cyclic N) is 1. The first-order valence-electron chi connectivity index (χ1n) is 14.8. The van der Waals surface area contributed by atoms with Crippen LogP contribution in [0.1, 0.15) is 24.8 Å². The van der Waals surface area contributed by atoms with Crippen molar-refractivity contribution in [1.82, 2.24) is 9.80 Å². The first-order chi connectivity index (χ1) is 18.9. The van der Waals surface area contributed by atoms with Gasteiger partial charge in [-0.25, -0.2) is 0 Å². The molecule has 1 fully saturated rings. The molecule has 7 nitrogen and oxygen atoms in total. The standard InChI is InChI=1S/C24H33N3O4/c1-18-7-6-8-19(2)24(18)25-23(29)16-27-13-11-26(12-14-27)15-20(28)17-31-22-10-5-4-9-21(22)30-3/h4-10,20,28H,11-17H2,1-3H3,(H,25,29)/i1D3,2D3,15D2,17D2. The maximum atomic E-state index is 12.9. The number of benzene rings is 2. The highest BCUT2D eigenvalue weighted by Gasteiger charge is 2.21. The predicted octanol–water partition coefficient (Wildman–Crippen LogP) is 2.31. The Hall–Kier alpha value is -2.61. The summed E-state index contributed by atoms with van der Waals surface area (Å²) in [5, 5.41) is 13.2. The Morgan fingerprint density at radius 2 is 1.74 bits per heavy atom. The number of hydrogen-bond acceptors (Lipinski definition) is 6. The van der Waals surface area contributed by atoms with E-state index < -0.39 is 38.8 Å². The number of carbonyl (C=O) groups excluding carboxylic acids is 1. The second-order valence-corrected chi connectivity index (χ2v) is 6.94. The van der Waals surface area contributed by atoms with Gasteiger partial charge < -0.3 is 19.9 Å². The number of aliphatic hydroxyl groups excluding tert-OH is 1. The Kier molecular flexibility index (Phi) is 4.69. The molecule has 2 N–H and O–H groups in total. The number of anilines is 1. The van der Waals surface area contributed by atoms with E-state index in [4.69, 9.17) is 23.2 Å². The molecule has 0 radical (unpaired) electrons. The van der Waals surface area contributed by atoms with Gasteiger partial charge in [-0.15, -0.1) is 0 Å². The van der Waals surface area contributed by atoms with E-state index in [1.54, 1.807) is 17.0 Å². The van der Waals surface area contributed by atoms with Crippen LogP contribution in [-0.2, 0) is 4.79 Å². The van der Waals surface area contributed by atoms with Crippen LogP contribution in [0, 0.1) is 13.7 Å². The Morgan fingerprint density at radius 3 is 2.39 bits per heavy atom. The van der Waals surface area contributed by atoms with Crippen molar-refractivity contribution in [1.29, 1.82) is 0 Å². The fraction of sp³-hybridized carbons (Fsp3) is 0.458. The van der Waals surface area contributed by atoms with Crippen molar-refractivity contribution < 1.29 is 33.1 Å². The number of carbonyl (C=O) groups is 1. The average molecular weight is 438 g/mol. The fourth-order valence-electron chi connectivity index (χ4n) is 3.13. The molecule has 1 saturated heterocycles. The minimum Gasteiger partial charge on any atom is -0.493 e. The molecule has 7 heteroatoms. The molecule has 0 aliphatic carbocycles. The minimum atomic E-state index is -2.83. The summed E-state index contributed by atoms with van der Waals surface area (Å²) in [5.74, 6) is -0.443. The lowest BCUT2D eigenvalue weighted by Crippen LogP contribution is -2.50. The fourth-order valence-corrected chi connectivity index (χ4v) is 3.13. The van der Waals surface area contributed by atoms with Crippen molar-refractivity contribution in [2.75, 3.05) is 58.2 Å². The Morgan fingerprint density at radius 1 is 1.10 bits per heavy atom. The second-order valence-electron chi connectivity index (χ2n) is 6.94. The van der Waals surface area contributed by atoms with Crippen molar-refractivity contribution in [2.24, 2.45) is 0 Å². The van der Waals surface area contributed by atoms with E-state index in [0.29, 0.717) is 0 Å². The zero-order valence-corrected chi connectivity index (χ0v) is 17.2. The van der Waals surface area contributed by atoms with Gasteiger partial charge in [-0.3, -0.25) is 14.6 Å². The molecule has 2 aromatic rings. The smallest absolute Gasteiger partial charge is 0.238 e. The van der Waals surface area contributed by atoms with Crippen LogP contribution in [0.5, 0.6) is 11.5 Å². The van der Waals surface area contributed by atoms with Crippen molar-refractivity contribution in [3.05, 3.63) is 53.6 Å². The van der Waals surface area contributed by atoms with Crippen LogP contribution in [-0.4, -0.2) is 79.8 Å². The molecule has 31 heavy (non-hydrogen) atoms. The summed E-state index contributed by atoms with van der Waals surface area (Å²) in [6.45, 7) is -10.6. The normalized spacial score (nSPS) is 22.5. The Labute approximate surface area is 198 Å². The number of methoxy groups -OCH3 is 1. The summed E-state index contributed by atoms with van der Waals surface area (Å²) < 4.78 is 90.2. The SMILES string of the molecule is [2H]C([2H])([2H])c1cccc(C([2H])([2H])[2H])c1NC(=O)CN1CCN(C([2H])([2H])C(O)C([2H])([2H])Oc2ccccc2OC)CC1. The van der Waals surface area contributed by atoms with Crippen molar-refractivity contribution in [3.63, 3.8) is 0 Å². The Balaban J connectivity index is 1.65. The molecular weight excluding hydrogens is 394 g/mol. The summed E-state index contributed by atoms with van der Waals surface area (Å²) >= 11 is 0. The van der Waals surface area contributed by atoms with Crippen LogP contribution in [0.2, 0.25) is 0 Å². The molecule has 0 spiro atoms. The van der Waals surface area contributed by atoms with Gasteiger partial charge in [-0.2, -0.15) is 0 Å². The zero-order chi connectivity index (χ0) is 30.8. The molecule has 3 rings (SSSR count). The molecule has 0 bridgehead atoms. The third kappa shape index (κ3) is 6.69. The number of amides is 1. The molecule has 1 heterocycles. The lowest BCUT2D eigenvalue weighted by Gasteiger charge is -2.35. The van der Waals surface area contributed by atoms with E-state index in [2.05, 4.69) is 5.32 Å². The predicted molar refractivity (Wildman–Crippen MR) is 122 cm³/mol. The highest BCUT2D eigenvalue weighted by Crippen LogP contribution is 2.25. The van der Waals surface area contributed by atoms with Gasteiger partial charge in [0.05, 0.1) is 16.4 Å². The van der Waals surface area contributed by atoms with Gasteiger partial charge >= 0.3 is 0 Å². The van der Waals surface area contributed by atoms with E-state index in [-0.39, 0.29) is 61.0 Å². The molecular formula is C24H33N3O4. The van der Waals surface area contributed by atoms with Crippen molar-refractivity contribution >= 4 is 11.6 Å². The zero-order valence-electron chi connectivity index (χ0n) is 27.2. The van der Waals surface area contributed by atoms with Gasteiger partial charge in [-0.1, -0.05) is 30.3 Å². The molecule has 0 aromatic heterocycles. The van der Waals surface area contributed by atoms with E-state index >= 15 is 0 Å². The van der Waals surface area contributed by atoms with Gasteiger partial charge in [0, 0.05) is 49.3 Å². The van der Waals surface area contributed by atoms with E-state index in [1.807, 2.05) is 0 Å². The van der Waals surface area contributed by atoms with Gasteiger partial charge in [0.15, 0.2) is 11.5 Å². The number of nitrogens with one attached hydrogen (secondary N) is 1. The third-order valence-electron chi connectivity index (χ3n) is 4.72. The number of ether oxygens (including phenoxy) is 2. The molecule has 0 saturated carbocycles. The molecule has 168 valence electrons. The Bertz CT molecular complexity index is 1180. The number of hydrogen-bond donors (Lipinski definition) is 2. The van der Waals surface area contributed by atoms with Crippen LogP contribution in [0.25, 0.3) is 0 Å². The third-order valence-corrected chi connectivity index (χ3v) is 4.72. The quantitative estimate of drug-likeness (QED) is 0.627. The summed E-state index contributed by atoms with van der Waals surface area (Å²) in [6.07, 6.45) is -2.22. The lowest BCUT2D eigenvalue weighted by molar-refractivity contribution is -0.117. The first-order valence-corrected chi connectivity index (χ1v) is 9.79. The van der Waals surface area contributed by atoms with Gasteiger partial charge in [0.1, 0.15) is 12.7 Å². The maximum absolute atomic E-state index is 12.9. The van der Waals surface area contributed by atoms with E-state index in [0.717, 1.165) is 0 Å². The monoisotopic (exact) mass is 437 g/mol. The summed E-state index contributed by atoms with van der Waals surface area (Å²) in [5.41, 5.74) is -0.875. The first kappa shape index (κ1) is 13.1. The lowest BCUT2D eigenvalue weighted by atomic mass is 10.1. The summed E-state index contributed by atoms with van der Waals surface area (Å²) in [6, 6.07) is 9.98. The van der Waals surface area contributed by atoms with Gasteiger partial charge in [0.2, 0.25) is 5.91 Å². The van der Waals surface area contributed by atoms with Crippen LogP contribution in [0.15, 0.2) is 42.5 Å². The van der Waals surface area contributed by atoms with Crippen LogP contribution in [0.4, 0.5) is 5.69 Å². The summed E-state index contributed by atoms with van der Waals surface area (Å²) in [4.78, 5) is 15.8. The number of nitrogens with zero attached hydrogens (tertiary/aromatic N) is 2. The van der Waals surface area contributed by atoms with E-state index in [9.17, 15) is 9.90 Å². The number of para-hydroxylation sites is 3. The number of aliphatic hydroxyl groups is 1. The molecule has 1 atom stereocenters. The molecule has 1 aliphatic heterocycles. The van der Waals surface area contributed by atoms with Gasteiger partial charge in [-0.05, 0) is 37.0 Å². The average Bonchev–Trinajstić information content (AvgIpc) is 2.87. The highest BCUT2D eigenvalue weighted by atomic mass is 16.5. The van der Waals surface area contributed by atoms with Crippen LogP contribution < -0.4 is 14.8 Å². The number of aryl methyl sites for hydroxylation is 2. The largest absolute Gasteiger partial charge is 0.493 e. The van der Waals surface area contributed by atoms with Crippen LogP contribution in [0.3, 0.4) is 0 Å².